The Morgan fingerprint density at radius 1 is 0.966 bits per heavy atom. The zero-order valence-electron chi connectivity index (χ0n) is 16.3. The molecule has 0 atom stereocenters. The third kappa shape index (κ3) is 4.54. The molecule has 5 nitrogen and oxygen atoms in total. The van der Waals surface area contributed by atoms with E-state index >= 15 is 0 Å². The van der Waals surface area contributed by atoms with Gasteiger partial charge in [0.25, 0.3) is 5.91 Å². The first kappa shape index (κ1) is 18.9. The van der Waals surface area contributed by atoms with Crippen LogP contribution in [0.15, 0.2) is 66.9 Å². The quantitative estimate of drug-likeness (QED) is 0.728. The van der Waals surface area contributed by atoms with Crippen molar-refractivity contribution in [1.29, 1.82) is 0 Å². The lowest BCUT2D eigenvalue weighted by molar-refractivity contribution is 0.102. The number of hydrogen-bond donors (Lipinski definition) is 1. The number of benzene rings is 2. The molecule has 0 spiro atoms. The molecule has 4 rings (SSSR count). The Hall–Kier alpha value is -3.41. The second-order valence-corrected chi connectivity index (χ2v) is 7.18. The van der Waals surface area contributed by atoms with E-state index in [0.717, 1.165) is 48.9 Å². The summed E-state index contributed by atoms with van der Waals surface area (Å²) in [6.07, 6.45) is 1.67. The number of aromatic nitrogens is 1. The van der Waals surface area contributed by atoms with Crippen LogP contribution in [-0.2, 0) is 0 Å². The predicted octanol–water partition coefficient (Wildman–Crippen LogP) is 4.11. The van der Waals surface area contributed by atoms with Crippen LogP contribution in [0.1, 0.15) is 15.9 Å². The Labute approximate surface area is 169 Å². The minimum absolute atomic E-state index is 0.149. The Bertz CT molecular complexity index is 998. The highest BCUT2D eigenvalue weighted by Gasteiger charge is 2.19. The van der Waals surface area contributed by atoms with Gasteiger partial charge >= 0.3 is 0 Å². The summed E-state index contributed by atoms with van der Waals surface area (Å²) in [6.45, 7) is 5.19. The van der Waals surface area contributed by atoms with Gasteiger partial charge in [0.1, 0.15) is 11.6 Å². The molecular weight excluding hydrogens is 367 g/mol. The maximum absolute atomic E-state index is 13.1. The first-order valence-electron chi connectivity index (χ1n) is 9.68. The summed E-state index contributed by atoms with van der Waals surface area (Å²) < 4.78 is 13.1. The van der Waals surface area contributed by atoms with Gasteiger partial charge < -0.3 is 15.1 Å². The molecule has 1 aliphatic rings. The molecular formula is C23H23FN4O. The van der Waals surface area contributed by atoms with Crippen LogP contribution in [-0.4, -0.2) is 37.1 Å². The highest BCUT2D eigenvalue weighted by Crippen LogP contribution is 2.21. The summed E-state index contributed by atoms with van der Waals surface area (Å²) in [7, 11) is 0. The topological polar surface area (TPSA) is 48.5 Å². The van der Waals surface area contributed by atoms with Crippen molar-refractivity contribution in [3.63, 3.8) is 0 Å². The average Bonchev–Trinajstić information content (AvgIpc) is 2.74. The summed E-state index contributed by atoms with van der Waals surface area (Å²) in [5.41, 5.74) is 3.47. The zero-order valence-corrected chi connectivity index (χ0v) is 16.3. The van der Waals surface area contributed by atoms with E-state index < -0.39 is 0 Å². The van der Waals surface area contributed by atoms with Crippen LogP contribution in [0.25, 0.3) is 0 Å². The van der Waals surface area contributed by atoms with E-state index in [1.165, 1.54) is 12.1 Å². The van der Waals surface area contributed by atoms with Crippen molar-refractivity contribution in [3.8, 4) is 0 Å². The number of pyridine rings is 1. The van der Waals surface area contributed by atoms with Crippen molar-refractivity contribution in [2.24, 2.45) is 0 Å². The minimum Gasteiger partial charge on any atom is -0.368 e. The number of nitrogens with zero attached hydrogens (tertiary/aromatic N) is 3. The molecule has 3 aromatic rings. The molecule has 2 aromatic carbocycles. The molecule has 0 aliphatic carbocycles. The number of rotatable bonds is 4. The summed E-state index contributed by atoms with van der Waals surface area (Å²) in [6, 6.07) is 17.9. The van der Waals surface area contributed by atoms with E-state index in [9.17, 15) is 9.18 Å². The second-order valence-electron chi connectivity index (χ2n) is 7.18. The standard InChI is InChI=1S/C23H23FN4O/c1-17-3-2-4-20(15-17)26-23(29)18-9-10-25-22(16-18)28-13-11-27(12-14-28)21-7-5-19(24)6-8-21/h2-10,15-16H,11-14H2,1H3,(H,26,29). The minimum atomic E-state index is -0.225. The van der Waals surface area contributed by atoms with Gasteiger partial charge in [-0.3, -0.25) is 4.79 Å². The maximum Gasteiger partial charge on any atom is 0.255 e. The van der Waals surface area contributed by atoms with E-state index in [4.69, 9.17) is 0 Å². The van der Waals surface area contributed by atoms with Crippen molar-refractivity contribution >= 4 is 23.1 Å². The molecule has 1 fully saturated rings. The summed E-state index contributed by atoms with van der Waals surface area (Å²) in [5, 5.41) is 2.94. The lowest BCUT2D eigenvalue weighted by Gasteiger charge is -2.36. The number of anilines is 3. The van der Waals surface area contributed by atoms with Crippen molar-refractivity contribution in [3.05, 3.63) is 83.8 Å². The molecule has 0 radical (unpaired) electrons. The molecule has 6 heteroatoms. The number of halogens is 1. The average molecular weight is 390 g/mol. The molecule has 1 aliphatic heterocycles. The van der Waals surface area contributed by atoms with Crippen LogP contribution in [0, 0.1) is 12.7 Å². The lowest BCUT2D eigenvalue weighted by Crippen LogP contribution is -2.46. The van der Waals surface area contributed by atoms with Crippen LogP contribution in [0.3, 0.4) is 0 Å². The van der Waals surface area contributed by atoms with Gasteiger partial charge in [-0.05, 0) is 61.0 Å². The van der Waals surface area contributed by atoms with Crippen LogP contribution in [0.2, 0.25) is 0 Å². The lowest BCUT2D eigenvalue weighted by atomic mass is 10.2. The monoisotopic (exact) mass is 390 g/mol. The SMILES string of the molecule is Cc1cccc(NC(=O)c2ccnc(N3CCN(c4ccc(F)cc4)CC3)c2)c1. The third-order valence-corrected chi connectivity index (χ3v) is 5.08. The Morgan fingerprint density at radius 3 is 2.41 bits per heavy atom. The van der Waals surface area contributed by atoms with Crippen LogP contribution in [0.4, 0.5) is 21.6 Å². The molecule has 0 unspecified atom stereocenters. The van der Waals surface area contributed by atoms with Crippen molar-refractivity contribution < 1.29 is 9.18 Å². The van der Waals surface area contributed by atoms with Gasteiger partial charge in [0.05, 0.1) is 0 Å². The third-order valence-electron chi connectivity index (χ3n) is 5.08. The predicted molar refractivity (Wildman–Crippen MR) is 114 cm³/mol. The molecule has 148 valence electrons. The molecule has 29 heavy (non-hydrogen) atoms. The van der Waals surface area contributed by atoms with E-state index in [2.05, 4.69) is 20.1 Å². The molecule has 2 heterocycles. The molecule has 0 bridgehead atoms. The first-order valence-corrected chi connectivity index (χ1v) is 9.68. The maximum atomic E-state index is 13.1. The van der Waals surface area contributed by atoms with E-state index in [0.29, 0.717) is 5.56 Å². The largest absolute Gasteiger partial charge is 0.368 e. The van der Waals surface area contributed by atoms with Gasteiger partial charge in [0.15, 0.2) is 0 Å². The van der Waals surface area contributed by atoms with Crippen molar-refractivity contribution in [2.45, 2.75) is 6.92 Å². The van der Waals surface area contributed by atoms with Crippen LogP contribution in [0.5, 0.6) is 0 Å². The summed E-state index contributed by atoms with van der Waals surface area (Å²) >= 11 is 0. The van der Waals surface area contributed by atoms with Gasteiger partial charge in [-0.1, -0.05) is 12.1 Å². The number of amides is 1. The van der Waals surface area contributed by atoms with Gasteiger partial charge in [-0.2, -0.15) is 0 Å². The van der Waals surface area contributed by atoms with Gasteiger partial charge in [0.2, 0.25) is 0 Å². The van der Waals surface area contributed by atoms with Crippen molar-refractivity contribution in [2.75, 3.05) is 41.3 Å². The van der Waals surface area contributed by atoms with E-state index in [-0.39, 0.29) is 11.7 Å². The molecule has 1 N–H and O–H groups in total. The van der Waals surface area contributed by atoms with Crippen LogP contribution >= 0.6 is 0 Å². The number of carbonyl (C=O) groups is 1. The first-order chi connectivity index (χ1) is 14.1. The molecule has 1 amide bonds. The van der Waals surface area contributed by atoms with Gasteiger partial charge in [0, 0.05) is 49.3 Å². The van der Waals surface area contributed by atoms with Gasteiger partial charge in [-0.25, -0.2) is 9.37 Å². The number of piperazine rings is 1. The van der Waals surface area contributed by atoms with E-state index in [1.807, 2.05) is 37.3 Å². The fourth-order valence-electron chi connectivity index (χ4n) is 3.50. The number of aryl methyl sites for hydroxylation is 1. The Morgan fingerprint density at radius 2 is 1.69 bits per heavy atom. The van der Waals surface area contributed by atoms with Crippen molar-refractivity contribution in [1.82, 2.24) is 4.98 Å². The molecule has 1 aromatic heterocycles. The van der Waals surface area contributed by atoms with E-state index in [1.54, 1.807) is 24.4 Å². The van der Waals surface area contributed by atoms with Gasteiger partial charge in [-0.15, -0.1) is 0 Å². The summed E-state index contributed by atoms with van der Waals surface area (Å²) in [4.78, 5) is 21.5. The fraction of sp³-hybridized carbons (Fsp3) is 0.217. The number of hydrogen-bond acceptors (Lipinski definition) is 4. The smallest absolute Gasteiger partial charge is 0.255 e. The fourth-order valence-corrected chi connectivity index (χ4v) is 3.50. The molecule has 1 saturated heterocycles. The zero-order chi connectivity index (χ0) is 20.2. The normalized spacial score (nSPS) is 14.0. The number of carbonyl (C=O) groups excluding carboxylic acids is 1. The van der Waals surface area contributed by atoms with Crippen LogP contribution < -0.4 is 15.1 Å². The second kappa shape index (κ2) is 8.31. The molecule has 0 saturated carbocycles. The summed E-state index contributed by atoms with van der Waals surface area (Å²) in [5.74, 6) is 0.419. The Kier molecular flexibility index (Phi) is 5.42. The Balaban J connectivity index is 1.41. The number of nitrogens with one attached hydrogen (secondary N) is 1. The highest BCUT2D eigenvalue weighted by molar-refractivity contribution is 6.04. The highest BCUT2D eigenvalue weighted by atomic mass is 19.1.